The largest absolute Gasteiger partial charge is 0.455 e. The second-order valence-electron chi connectivity index (χ2n) is 5.90. The van der Waals surface area contributed by atoms with Crippen LogP contribution in [-0.4, -0.2) is 18.0 Å². The molecular formula is C19H18Cl2N3O3+. The monoisotopic (exact) mass is 406 g/mol. The first kappa shape index (κ1) is 19.2. The van der Waals surface area contributed by atoms with Crippen LogP contribution in [0.15, 0.2) is 59.0 Å². The average molecular weight is 407 g/mol. The Morgan fingerprint density at radius 3 is 2.56 bits per heavy atom. The van der Waals surface area contributed by atoms with Crippen LogP contribution in [0, 0.1) is 10.1 Å². The lowest BCUT2D eigenvalue weighted by molar-refractivity contribution is -0.669. The molecule has 0 saturated carbocycles. The molecule has 0 spiro atoms. The molecule has 0 aliphatic heterocycles. The fraction of sp³-hybridized carbons (Fsp3) is 0.158. The number of nitro benzene ring substituents is 1. The van der Waals surface area contributed by atoms with E-state index in [2.05, 4.69) is 10.6 Å². The van der Waals surface area contributed by atoms with Gasteiger partial charge >= 0.3 is 0 Å². The molecule has 0 amide bonds. The molecule has 3 aromatic rings. The van der Waals surface area contributed by atoms with Gasteiger partial charge in [-0.15, -0.1) is 0 Å². The van der Waals surface area contributed by atoms with E-state index in [9.17, 15) is 10.1 Å². The summed E-state index contributed by atoms with van der Waals surface area (Å²) in [6.45, 7) is 2.26. The number of hydrogen-bond donors (Lipinski definition) is 2. The van der Waals surface area contributed by atoms with Crippen molar-refractivity contribution in [1.82, 2.24) is 0 Å². The Morgan fingerprint density at radius 2 is 1.85 bits per heavy atom. The van der Waals surface area contributed by atoms with Gasteiger partial charge in [0.05, 0.1) is 23.0 Å². The molecular weight excluding hydrogens is 389 g/mol. The quantitative estimate of drug-likeness (QED) is 0.331. The second kappa shape index (κ2) is 8.90. The molecule has 2 aromatic carbocycles. The van der Waals surface area contributed by atoms with Crippen molar-refractivity contribution in [3.63, 3.8) is 0 Å². The Balaban J connectivity index is 1.44. The van der Waals surface area contributed by atoms with Gasteiger partial charge in [-0.1, -0.05) is 23.2 Å². The van der Waals surface area contributed by atoms with E-state index in [4.69, 9.17) is 27.6 Å². The van der Waals surface area contributed by atoms with Gasteiger partial charge in [0.25, 0.3) is 5.69 Å². The van der Waals surface area contributed by atoms with Gasteiger partial charge in [-0.2, -0.15) is 0 Å². The van der Waals surface area contributed by atoms with Crippen LogP contribution in [0.5, 0.6) is 0 Å². The number of hydrogen-bond acceptors (Lipinski definition) is 4. The third-order valence-electron chi connectivity index (χ3n) is 3.96. The molecule has 0 bridgehead atoms. The van der Waals surface area contributed by atoms with Crippen LogP contribution in [0.3, 0.4) is 0 Å². The van der Waals surface area contributed by atoms with Crippen molar-refractivity contribution in [2.45, 2.75) is 6.54 Å². The van der Waals surface area contributed by atoms with E-state index < -0.39 is 4.92 Å². The van der Waals surface area contributed by atoms with E-state index in [0.29, 0.717) is 22.4 Å². The Labute approximate surface area is 166 Å². The molecule has 1 aromatic heterocycles. The first-order valence-corrected chi connectivity index (χ1v) is 9.12. The molecule has 140 valence electrons. The minimum absolute atomic E-state index is 0.0847. The Hall–Kier alpha value is -2.54. The lowest BCUT2D eigenvalue weighted by Crippen LogP contribution is -2.83. The second-order valence-corrected chi connectivity index (χ2v) is 6.75. The molecule has 0 radical (unpaired) electrons. The molecule has 8 heteroatoms. The van der Waals surface area contributed by atoms with Gasteiger partial charge in [0.1, 0.15) is 12.3 Å². The highest BCUT2D eigenvalue weighted by Crippen LogP contribution is 2.31. The minimum atomic E-state index is -0.410. The van der Waals surface area contributed by atoms with E-state index in [-0.39, 0.29) is 5.69 Å². The highest BCUT2D eigenvalue weighted by Gasteiger charge is 2.10. The fourth-order valence-corrected chi connectivity index (χ4v) is 3.09. The Morgan fingerprint density at radius 1 is 1.07 bits per heavy atom. The molecule has 0 aliphatic rings. The maximum absolute atomic E-state index is 10.6. The van der Waals surface area contributed by atoms with Gasteiger partial charge in [0.15, 0.2) is 5.76 Å². The summed E-state index contributed by atoms with van der Waals surface area (Å²) in [4.78, 5) is 10.2. The molecule has 0 saturated heterocycles. The van der Waals surface area contributed by atoms with Gasteiger partial charge in [-0.25, -0.2) is 0 Å². The van der Waals surface area contributed by atoms with Crippen LogP contribution in [0.25, 0.3) is 11.3 Å². The highest BCUT2D eigenvalue weighted by atomic mass is 35.5. The van der Waals surface area contributed by atoms with Gasteiger partial charge in [0.2, 0.25) is 0 Å². The third-order valence-corrected chi connectivity index (χ3v) is 4.51. The summed E-state index contributed by atoms with van der Waals surface area (Å²) < 4.78 is 5.85. The number of anilines is 1. The summed E-state index contributed by atoms with van der Waals surface area (Å²) in [5, 5.41) is 17.1. The van der Waals surface area contributed by atoms with Crippen molar-refractivity contribution >= 4 is 34.6 Å². The zero-order chi connectivity index (χ0) is 19.2. The number of nitro groups is 1. The molecule has 0 unspecified atom stereocenters. The van der Waals surface area contributed by atoms with Crippen LogP contribution in [-0.2, 0) is 6.54 Å². The number of halogens is 2. The summed E-state index contributed by atoms with van der Waals surface area (Å²) in [5.41, 5.74) is 1.75. The predicted molar refractivity (Wildman–Crippen MR) is 106 cm³/mol. The number of nitrogens with two attached hydrogens (primary N) is 1. The van der Waals surface area contributed by atoms with E-state index >= 15 is 0 Å². The first-order chi connectivity index (χ1) is 13.0. The molecule has 6 nitrogen and oxygen atoms in total. The molecule has 0 fully saturated rings. The van der Waals surface area contributed by atoms with E-state index in [1.807, 2.05) is 18.2 Å². The zero-order valence-electron chi connectivity index (χ0n) is 14.3. The van der Waals surface area contributed by atoms with Gasteiger partial charge in [0, 0.05) is 28.4 Å². The van der Waals surface area contributed by atoms with Crippen LogP contribution in [0.2, 0.25) is 10.0 Å². The molecule has 1 heterocycles. The summed E-state index contributed by atoms with van der Waals surface area (Å²) in [6, 6.07) is 15.5. The van der Waals surface area contributed by atoms with E-state index in [1.165, 1.54) is 12.1 Å². The normalized spacial score (nSPS) is 10.7. The average Bonchev–Trinajstić information content (AvgIpc) is 3.10. The molecule has 0 atom stereocenters. The standard InChI is InChI=1S/C19H17Cl2N3O3/c20-13-1-7-17(18(21)11-13)19-8-6-16(27-19)12-22-9-10-23-14-2-4-15(5-3-14)24(25)26/h1-8,11,22-23H,9-10,12H2/p+1. The number of benzene rings is 2. The smallest absolute Gasteiger partial charge is 0.269 e. The summed E-state index contributed by atoms with van der Waals surface area (Å²) in [5.74, 6) is 1.57. The summed E-state index contributed by atoms with van der Waals surface area (Å²) in [6.07, 6.45) is 0. The van der Waals surface area contributed by atoms with Crippen molar-refractivity contribution < 1.29 is 14.7 Å². The lowest BCUT2D eigenvalue weighted by atomic mass is 10.2. The predicted octanol–water partition coefficient (Wildman–Crippen LogP) is 4.34. The number of nitrogens with one attached hydrogen (secondary N) is 1. The Bertz CT molecular complexity index is 926. The maximum Gasteiger partial charge on any atom is 0.269 e. The lowest BCUT2D eigenvalue weighted by Gasteiger charge is -2.05. The Kier molecular flexibility index (Phi) is 6.34. The molecule has 27 heavy (non-hydrogen) atoms. The van der Waals surface area contributed by atoms with Gasteiger partial charge < -0.3 is 15.1 Å². The molecule has 3 rings (SSSR count). The number of furan rings is 1. The first-order valence-electron chi connectivity index (χ1n) is 8.37. The van der Waals surface area contributed by atoms with E-state index in [0.717, 1.165) is 30.1 Å². The SMILES string of the molecule is O=[N+]([O-])c1ccc(NCC[NH2+]Cc2ccc(-c3ccc(Cl)cc3Cl)o2)cc1. The van der Waals surface area contributed by atoms with Crippen LogP contribution >= 0.6 is 23.2 Å². The topological polar surface area (TPSA) is 84.9 Å². The van der Waals surface area contributed by atoms with Gasteiger partial charge in [-0.3, -0.25) is 10.1 Å². The van der Waals surface area contributed by atoms with Crippen molar-refractivity contribution in [2.75, 3.05) is 18.4 Å². The van der Waals surface area contributed by atoms with Crippen molar-refractivity contribution in [1.29, 1.82) is 0 Å². The fourth-order valence-electron chi connectivity index (χ4n) is 2.59. The summed E-state index contributed by atoms with van der Waals surface area (Å²) in [7, 11) is 0. The highest BCUT2D eigenvalue weighted by molar-refractivity contribution is 6.36. The minimum Gasteiger partial charge on any atom is -0.455 e. The van der Waals surface area contributed by atoms with Gasteiger partial charge in [-0.05, 0) is 42.5 Å². The van der Waals surface area contributed by atoms with Crippen molar-refractivity contribution in [2.24, 2.45) is 0 Å². The van der Waals surface area contributed by atoms with Crippen LogP contribution < -0.4 is 10.6 Å². The number of quaternary nitrogens is 1. The summed E-state index contributed by atoms with van der Waals surface area (Å²) >= 11 is 12.1. The van der Waals surface area contributed by atoms with Crippen molar-refractivity contribution in [3.8, 4) is 11.3 Å². The number of nitrogens with zero attached hydrogens (tertiary/aromatic N) is 1. The number of rotatable bonds is 8. The van der Waals surface area contributed by atoms with Crippen LogP contribution in [0.1, 0.15) is 5.76 Å². The maximum atomic E-state index is 10.6. The number of non-ortho nitro benzene ring substituents is 1. The molecule has 3 N–H and O–H groups in total. The third kappa shape index (κ3) is 5.23. The van der Waals surface area contributed by atoms with Crippen LogP contribution in [0.4, 0.5) is 11.4 Å². The zero-order valence-corrected chi connectivity index (χ0v) is 15.8. The molecule has 0 aliphatic carbocycles. The van der Waals surface area contributed by atoms with E-state index in [1.54, 1.807) is 24.3 Å². The van der Waals surface area contributed by atoms with Crippen molar-refractivity contribution in [3.05, 3.63) is 80.5 Å².